The maximum absolute atomic E-state index is 13.7. The average Bonchev–Trinajstić information content (AvgIpc) is 3.03. The molecule has 0 spiro atoms. The van der Waals surface area contributed by atoms with Crippen LogP contribution in [-0.2, 0) is 37.2 Å². The highest BCUT2D eigenvalue weighted by atomic mass is 35.5. The first-order valence-corrected chi connectivity index (χ1v) is 17.3. The van der Waals surface area contributed by atoms with Crippen LogP contribution in [0.15, 0.2) is 54.6 Å². The average molecular weight is 683 g/mol. The van der Waals surface area contributed by atoms with E-state index in [1.54, 1.807) is 7.11 Å². The molecule has 11 nitrogen and oxygen atoms in total. The molecule has 0 aliphatic heterocycles. The Hall–Kier alpha value is -3.19. The minimum absolute atomic E-state index is 0. The second-order valence-corrected chi connectivity index (χ2v) is 13.5. The van der Waals surface area contributed by atoms with Gasteiger partial charge in [-0.25, -0.2) is 8.42 Å². The molecule has 0 aliphatic carbocycles. The zero-order valence-corrected chi connectivity index (χ0v) is 28.9. The number of aliphatic hydroxyl groups excluding tert-OH is 1. The highest BCUT2D eigenvalue weighted by Crippen LogP contribution is 2.18. The predicted molar refractivity (Wildman–Crippen MR) is 183 cm³/mol. The summed E-state index contributed by atoms with van der Waals surface area (Å²) >= 11 is 0. The summed E-state index contributed by atoms with van der Waals surface area (Å²) in [6.07, 6.45) is 1.13. The molecule has 2 aromatic rings. The molecule has 0 radical (unpaired) electrons. The van der Waals surface area contributed by atoms with Gasteiger partial charge in [0, 0.05) is 33.0 Å². The Morgan fingerprint density at radius 1 is 0.891 bits per heavy atom. The van der Waals surface area contributed by atoms with E-state index in [0.29, 0.717) is 38.0 Å². The van der Waals surface area contributed by atoms with E-state index in [-0.39, 0.29) is 44.1 Å². The number of halogens is 1. The van der Waals surface area contributed by atoms with Gasteiger partial charge in [0.05, 0.1) is 30.3 Å². The number of carbonyl (C=O) groups excluding carboxylic acids is 3. The van der Waals surface area contributed by atoms with Crippen LogP contribution < -0.4 is 26.0 Å². The molecule has 2 rings (SSSR count). The van der Waals surface area contributed by atoms with Crippen LogP contribution in [-0.4, -0.2) is 81.1 Å². The number of carbonyl (C=O) groups is 3. The number of ether oxygens (including phenoxy) is 1. The van der Waals surface area contributed by atoms with Gasteiger partial charge in [0.1, 0.15) is 11.8 Å². The zero-order valence-electron chi connectivity index (χ0n) is 27.3. The first-order chi connectivity index (χ1) is 21.5. The summed E-state index contributed by atoms with van der Waals surface area (Å²) in [5.74, 6) is -1.56. The molecule has 3 amide bonds. The zero-order chi connectivity index (χ0) is 33.2. The Morgan fingerprint density at radius 3 is 2.13 bits per heavy atom. The number of hydrogen-bond donors (Lipinski definition) is 5. The van der Waals surface area contributed by atoms with Crippen LogP contribution in [0.5, 0.6) is 5.75 Å². The van der Waals surface area contributed by atoms with Crippen molar-refractivity contribution in [3.63, 3.8) is 0 Å². The summed E-state index contributed by atoms with van der Waals surface area (Å²) in [5.41, 5.74) is 1.81. The van der Waals surface area contributed by atoms with Crippen LogP contribution in [0.4, 0.5) is 0 Å². The van der Waals surface area contributed by atoms with Gasteiger partial charge in [0.15, 0.2) is 9.84 Å². The molecule has 0 fully saturated rings. The number of methoxy groups -OCH3 is 1. The Morgan fingerprint density at radius 2 is 1.52 bits per heavy atom. The first-order valence-electron chi connectivity index (χ1n) is 15.6. The van der Waals surface area contributed by atoms with Crippen molar-refractivity contribution in [2.24, 2.45) is 0 Å². The van der Waals surface area contributed by atoms with E-state index in [2.05, 4.69) is 21.3 Å². The van der Waals surface area contributed by atoms with Crippen LogP contribution in [0.3, 0.4) is 0 Å². The number of rotatable bonds is 21. The number of aliphatic hydroxyl groups is 1. The highest BCUT2D eigenvalue weighted by Gasteiger charge is 2.34. The van der Waals surface area contributed by atoms with Crippen molar-refractivity contribution in [2.75, 3.05) is 26.5 Å². The van der Waals surface area contributed by atoms with Crippen molar-refractivity contribution in [3.8, 4) is 5.75 Å². The molecule has 5 N–H and O–H groups in total. The van der Waals surface area contributed by atoms with Crippen molar-refractivity contribution in [2.45, 2.75) is 88.8 Å². The maximum atomic E-state index is 13.7. The van der Waals surface area contributed by atoms with Gasteiger partial charge in [-0.1, -0.05) is 69.2 Å². The number of nitrogens with one attached hydrogen (secondary N) is 4. The lowest BCUT2D eigenvalue weighted by Crippen LogP contribution is -2.57. The molecular weight excluding hydrogens is 632 g/mol. The summed E-state index contributed by atoms with van der Waals surface area (Å²) in [6, 6.07) is 14.6. The van der Waals surface area contributed by atoms with E-state index < -0.39 is 50.8 Å². The van der Waals surface area contributed by atoms with Gasteiger partial charge >= 0.3 is 0 Å². The fraction of sp³-hybridized carbons (Fsp3) is 0.545. The highest BCUT2D eigenvalue weighted by molar-refractivity contribution is 7.92. The number of hydrogen-bond acceptors (Lipinski definition) is 8. The molecule has 0 saturated carbocycles. The van der Waals surface area contributed by atoms with Crippen molar-refractivity contribution in [1.82, 2.24) is 21.3 Å². The van der Waals surface area contributed by atoms with Gasteiger partial charge < -0.3 is 31.1 Å². The second-order valence-electron chi connectivity index (χ2n) is 11.2. The lowest BCUT2D eigenvalue weighted by atomic mass is 10.0. The lowest BCUT2D eigenvalue weighted by molar-refractivity contribution is -0.130. The van der Waals surface area contributed by atoms with E-state index in [1.165, 1.54) is 7.05 Å². The van der Waals surface area contributed by atoms with Crippen molar-refractivity contribution in [1.29, 1.82) is 0 Å². The number of sulfone groups is 1. The van der Waals surface area contributed by atoms with E-state index in [4.69, 9.17) is 4.74 Å². The third-order valence-electron chi connectivity index (χ3n) is 7.55. The van der Waals surface area contributed by atoms with Crippen LogP contribution in [0.2, 0.25) is 0 Å². The van der Waals surface area contributed by atoms with Crippen molar-refractivity contribution >= 4 is 40.0 Å². The minimum Gasteiger partial charge on any atom is -0.497 e. The standard InChI is InChI=1S/C33H50N4O7S.ClH/c1-5-11-27(12-6-2)45(42,43)23-29(36-32(40)18-17-31(39)34-3)33(41)37-28(20-24-13-8-7-9-14-24)30(38)22-35-21-25-15-10-16-26(19-25)44-4;/h7-10,13-16,19,27-30,35,38H,5-6,11-12,17-18,20-23H2,1-4H3,(H,34,39)(H,36,40)(H,37,41);1H/t28-,29-,30+;/m0./s1. The second kappa shape index (κ2) is 21.6. The fourth-order valence-electron chi connectivity index (χ4n) is 5.04. The molecule has 0 aliphatic rings. The molecule has 258 valence electrons. The minimum atomic E-state index is -3.78. The summed E-state index contributed by atoms with van der Waals surface area (Å²) in [5, 5.41) is 21.6. The fourth-order valence-corrected chi connectivity index (χ4v) is 7.20. The largest absolute Gasteiger partial charge is 0.497 e. The van der Waals surface area contributed by atoms with E-state index in [0.717, 1.165) is 11.1 Å². The van der Waals surface area contributed by atoms with Crippen LogP contribution in [0.1, 0.15) is 63.5 Å². The van der Waals surface area contributed by atoms with E-state index in [9.17, 15) is 27.9 Å². The molecule has 0 aromatic heterocycles. The monoisotopic (exact) mass is 682 g/mol. The molecule has 0 saturated heterocycles. The third-order valence-corrected chi connectivity index (χ3v) is 9.83. The maximum Gasteiger partial charge on any atom is 0.243 e. The number of benzene rings is 2. The van der Waals surface area contributed by atoms with Gasteiger partial charge in [-0.05, 0) is 42.5 Å². The van der Waals surface area contributed by atoms with Gasteiger partial charge in [-0.15, -0.1) is 12.4 Å². The third kappa shape index (κ3) is 14.5. The normalized spacial score (nSPS) is 13.2. The van der Waals surface area contributed by atoms with E-state index >= 15 is 0 Å². The molecular formula is C33H51ClN4O7S. The topological polar surface area (TPSA) is 163 Å². The summed E-state index contributed by atoms with van der Waals surface area (Å²) in [7, 11) is -0.738. The first kappa shape index (κ1) is 40.8. The smallest absolute Gasteiger partial charge is 0.243 e. The van der Waals surface area contributed by atoms with Crippen molar-refractivity contribution in [3.05, 3.63) is 65.7 Å². The van der Waals surface area contributed by atoms with Gasteiger partial charge in [0.25, 0.3) is 0 Å². The predicted octanol–water partition coefficient (Wildman–Crippen LogP) is 2.69. The summed E-state index contributed by atoms with van der Waals surface area (Å²) in [6.45, 7) is 4.38. The molecule has 46 heavy (non-hydrogen) atoms. The Bertz CT molecular complexity index is 1310. The molecule has 0 unspecified atom stereocenters. The van der Waals surface area contributed by atoms with Crippen molar-refractivity contribution < 1.29 is 32.6 Å². The lowest BCUT2D eigenvalue weighted by Gasteiger charge is -2.28. The summed E-state index contributed by atoms with van der Waals surface area (Å²) in [4.78, 5) is 38.2. The summed E-state index contributed by atoms with van der Waals surface area (Å²) < 4.78 is 32.2. The Balaban J connectivity index is 0.0000106. The molecule has 13 heteroatoms. The Kier molecular flexibility index (Phi) is 19.2. The van der Waals surface area contributed by atoms with Crippen LogP contribution in [0, 0.1) is 0 Å². The van der Waals surface area contributed by atoms with Gasteiger partial charge in [-0.2, -0.15) is 0 Å². The molecule has 2 aromatic carbocycles. The Labute approximate surface area is 280 Å². The van der Waals surface area contributed by atoms with Crippen LogP contribution >= 0.6 is 12.4 Å². The van der Waals surface area contributed by atoms with Gasteiger partial charge in [0.2, 0.25) is 17.7 Å². The molecule has 0 bridgehead atoms. The molecule has 0 heterocycles. The quantitative estimate of drug-likeness (QED) is 0.134. The SMILES string of the molecule is CCCC(CCC)S(=O)(=O)C[C@H](NC(=O)CCC(=O)NC)C(=O)N[C@@H](Cc1ccccc1)[C@H](O)CNCc1cccc(OC)c1.Cl. The van der Waals surface area contributed by atoms with Crippen LogP contribution in [0.25, 0.3) is 0 Å². The molecule has 3 atom stereocenters. The number of amides is 3. The van der Waals surface area contributed by atoms with E-state index in [1.807, 2.05) is 68.4 Å². The van der Waals surface area contributed by atoms with Gasteiger partial charge in [-0.3, -0.25) is 14.4 Å².